The van der Waals surface area contributed by atoms with Gasteiger partial charge in [0.15, 0.2) is 0 Å². The third kappa shape index (κ3) is 7.45. The Labute approximate surface area is 166 Å². The van der Waals surface area contributed by atoms with Gasteiger partial charge in [-0.05, 0) is 39.3 Å². The highest BCUT2D eigenvalue weighted by atomic mass is 16.7. The molecule has 0 saturated carbocycles. The highest BCUT2D eigenvalue weighted by molar-refractivity contribution is 5.73. The van der Waals surface area contributed by atoms with Gasteiger partial charge in [0.1, 0.15) is 17.5 Å². The highest BCUT2D eigenvalue weighted by Crippen LogP contribution is 2.26. The molecule has 0 saturated heterocycles. The molecule has 1 amide bonds. The molecule has 2 rings (SSSR count). The summed E-state index contributed by atoms with van der Waals surface area (Å²) in [6.07, 6.45) is -0.0819. The molecule has 154 valence electrons. The number of aromatic nitrogens is 1. The van der Waals surface area contributed by atoms with Crippen molar-refractivity contribution < 1.29 is 28.8 Å². The van der Waals surface area contributed by atoms with E-state index in [4.69, 9.17) is 9.47 Å². The third-order valence-corrected chi connectivity index (χ3v) is 3.35. The number of rotatable bonds is 6. The van der Waals surface area contributed by atoms with Gasteiger partial charge in [0, 0.05) is 11.6 Å². The second-order valence-electron chi connectivity index (χ2n) is 6.90. The fourth-order valence-corrected chi connectivity index (χ4v) is 2.18. The summed E-state index contributed by atoms with van der Waals surface area (Å²) in [6.45, 7) is 4.98. The van der Waals surface area contributed by atoms with Crippen molar-refractivity contribution in [3.05, 3.63) is 58.3 Å². The van der Waals surface area contributed by atoms with Gasteiger partial charge in [-0.15, -0.1) is 5.48 Å². The Balaban J connectivity index is 1.99. The van der Waals surface area contributed by atoms with Crippen molar-refractivity contribution >= 4 is 17.7 Å². The van der Waals surface area contributed by atoms with Gasteiger partial charge in [-0.25, -0.2) is 14.6 Å². The first-order valence-corrected chi connectivity index (χ1v) is 8.69. The average Bonchev–Trinajstić information content (AvgIpc) is 2.64. The molecular weight excluding hydrogens is 382 g/mol. The molecule has 10 nitrogen and oxygen atoms in total. The Morgan fingerprint density at radius 3 is 2.52 bits per heavy atom. The third-order valence-electron chi connectivity index (χ3n) is 3.35. The Morgan fingerprint density at radius 1 is 1.21 bits per heavy atom. The predicted molar refractivity (Wildman–Crippen MR) is 101 cm³/mol. The van der Waals surface area contributed by atoms with Gasteiger partial charge in [-0.2, -0.15) is 0 Å². The lowest BCUT2D eigenvalue weighted by Crippen LogP contribution is -2.34. The van der Waals surface area contributed by atoms with Crippen LogP contribution in [-0.2, 0) is 20.8 Å². The van der Waals surface area contributed by atoms with Gasteiger partial charge >= 0.3 is 12.1 Å². The van der Waals surface area contributed by atoms with Crippen LogP contribution in [0.4, 0.5) is 10.5 Å². The minimum absolute atomic E-state index is 0.0151. The van der Waals surface area contributed by atoms with Crippen molar-refractivity contribution in [2.24, 2.45) is 0 Å². The molecule has 1 aromatic heterocycles. The number of nitro groups is 1. The van der Waals surface area contributed by atoms with Crippen molar-refractivity contribution in [1.82, 2.24) is 10.5 Å². The van der Waals surface area contributed by atoms with Crippen LogP contribution < -0.4 is 10.2 Å². The quantitative estimate of drug-likeness (QED) is 0.571. The number of nitrogens with zero attached hydrogens (tertiary/aromatic N) is 2. The van der Waals surface area contributed by atoms with Gasteiger partial charge in [0.2, 0.25) is 5.88 Å². The van der Waals surface area contributed by atoms with Crippen LogP contribution in [0.15, 0.2) is 42.6 Å². The Bertz CT molecular complexity index is 879. The molecule has 2 aromatic rings. The lowest BCUT2D eigenvalue weighted by molar-refractivity contribution is -0.385. The number of carbonyl (C=O) groups excluding carboxylic acids is 2. The Morgan fingerprint density at radius 2 is 1.90 bits per heavy atom. The number of amides is 1. The molecule has 0 aliphatic carbocycles. The van der Waals surface area contributed by atoms with Crippen LogP contribution in [0.2, 0.25) is 0 Å². The summed E-state index contributed by atoms with van der Waals surface area (Å²) < 4.78 is 10.5. The zero-order valence-corrected chi connectivity index (χ0v) is 16.2. The molecule has 0 spiro atoms. The second kappa shape index (κ2) is 9.49. The first-order valence-electron chi connectivity index (χ1n) is 8.69. The number of carbonyl (C=O) groups is 2. The maximum Gasteiger partial charge on any atom is 0.441 e. The van der Waals surface area contributed by atoms with E-state index >= 15 is 0 Å². The van der Waals surface area contributed by atoms with Crippen LogP contribution in [0.1, 0.15) is 32.8 Å². The average molecular weight is 403 g/mol. The number of ether oxygens (including phenoxy) is 2. The van der Waals surface area contributed by atoms with Crippen molar-refractivity contribution in [3.8, 4) is 11.6 Å². The molecule has 10 heteroatoms. The summed E-state index contributed by atoms with van der Waals surface area (Å²) in [6, 6.07) is 10.2. The molecule has 1 aromatic carbocycles. The number of hydrogen-bond donors (Lipinski definition) is 1. The van der Waals surface area contributed by atoms with E-state index in [1.54, 1.807) is 45.0 Å². The smallest absolute Gasteiger partial charge is 0.441 e. The van der Waals surface area contributed by atoms with E-state index in [0.29, 0.717) is 5.75 Å². The maximum absolute atomic E-state index is 11.8. The molecule has 0 atom stereocenters. The number of hydroxylamine groups is 1. The number of aryl methyl sites for hydroxylation is 1. The van der Waals surface area contributed by atoms with E-state index in [2.05, 4.69) is 9.82 Å². The van der Waals surface area contributed by atoms with Crippen molar-refractivity contribution in [1.29, 1.82) is 0 Å². The Kier molecular flexibility index (Phi) is 7.07. The summed E-state index contributed by atoms with van der Waals surface area (Å²) in [5, 5.41) is 11.2. The number of hydrogen-bond acceptors (Lipinski definition) is 8. The van der Waals surface area contributed by atoms with Crippen LogP contribution >= 0.6 is 0 Å². The molecule has 0 aliphatic rings. The van der Waals surface area contributed by atoms with Crippen LogP contribution in [-0.4, -0.2) is 27.6 Å². The van der Waals surface area contributed by atoms with Crippen LogP contribution in [0, 0.1) is 10.1 Å². The van der Waals surface area contributed by atoms with Crippen LogP contribution in [0.25, 0.3) is 0 Å². The van der Waals surface area contributed by atoms with Crippen molar-refractivity contribution in [3.63, 3.8) is 0 Å². The first kappa shape index (κ1) is 21.6. The van der Waals surface area contributed by atoms with Gasteiger partial charge in [-0.3, -0.25) is 10.1 Å². The molecule has 0 fully saturated rings. The van der Waals surface area contributed by atoms with E-state index in [-0.39, 0.29) is 30.0 Å². The predicted octanol–water partition coefficient (Wildman–Crippen LogP) is 3.70. The number of para-hydroxylation sites is 1. The standard InChI is InChI=1S/C19H21N3O7/c1-19(2,3)28-18(24)21-29-17(23)10-9-13-11-16(20-12-15(13)22(25)26)27-14-7-5-4-6-8-14/h4-8,11-12H,9-10H2,1-3H3,(H,21,24). The van der Waals surface area contributed by atoms with Crippen molar-refractivity contribution in [2.75, 3.05) is 0 Å². The van der Waals surface area contributed by atoms with Gasteiger partial charge < -0.3 is 14.3 Å². The molecule has 0 unspecified atom stereocenters. The van der Waals surface area contributed by atoms with E-state index in [1.165, 1.54) is 6.07 Å². The SMILES string of the molecule is CC(C)(C)OC(=O)NOC(=O)CCc1cc(Oc2ccccc2)ncc1[N+](=O)[O-]. The molecule has 1 N–H and O–H groups in total. The summed E-state index contributed by atoms with van der Waals surface area (Å²) in [7, 11) is 0. The number of nitrogens with one attached hydrogen (secondary N) is 1. The summed E-state index contributed by atoms with van der Waals surface area (Å²) in [5.41, 5.74) is 1.12. The topological polar surface area (TPSA) is 130 Å². The van der Waals surface area contributed by atoms with Crippen LogP contribution in [0.5, 0.6) is 11.6 Å². The van der Waals surface area contributed by atoms with E-state index in [0.717, 1.165) is 6.20 Å². The fraction of sp³-hybridized carbons (Fsp3) is 0.316. The largest absolute Gasteiger partial charge is 0.442 e. The van der Waals surface area contributed by atoms with E-state index in [9.17, 15) is 19.7 Å². The first-order chi connectivity index (χ1) is 13.6. The lowest BCUT2D eigenvalue weighted by Gasteiger charge is -2.19. The van der Waals surface area contributed by atoms with Crippen molar-refractivity contribution in [2.45, 2.75) is 39.2 Å². The zero-order valence-electron chi connectivity index (χ0n) is 16.2. The molecule has 0 aliphatic heterocycles. The minimum atomic E-state index is -0.917. The molecule has 1 heterocycles. The van der Waals surface area contributed by atoms with Crippen LogP contribution in [0.3, 0.4) is 0 Å². The molecular formula is C19H21N3O7. The monoisotopic (exact) mass is 403 g/mol. The molecule has 0 radical (unpaired) electrons. The molecule has 0 bridgehead atoms. The summed E-state index contributed by atoms with van der Waals surface area (Å²) in [5.74, 6) is -0.120. The Hall–Kier alpha value is -3.69. The lowest BCUT2D eigenvalue weighted by atomic mass is 10.1. The number of benzene rings is 1. The fourth-order valence-electron chi connectivity index (χ4n) is 2.18. The summed E-state index contributed by atoms with van der Waals surface area (Å²) in [4.78, 5) is 42.5. The van der Waals surface area contributed by atoms with E-state index in [1.807, 2.05) is 11.5 Å². The molecule has 29 heavy (non-hydrogen) atoms. The van der Waals surface area contributed by atoms with E-state index < -0.39 is 22.6 Å². The highest BCUT2D eigenvalue weighted by Gasteiger charge is 2.20. The van der Waals surface area contributed by atoms with Gasteiger partial charge in [0.05, 0.1) is 11.3 Å². The second-order valence-corrected chi connectivity index (χ2v) is 6.90. The maximum atomic E-state index is 11.8. The van der Waals surface area contributed by atoms with Gasteiger partial charge in [-0.1, -0.05) is 18.2 Å². The minimum Gasteiger partial charge on any atom is -0.442 e. The van der Waals surface area contributed by atoms with Gasteiger partial charge in [0.25, 0.3) is 5.69 Å². The normalized spacial score (nSPS) is 10.7. The number of pyridine rings is 1. The zero-order chi connectivity index (χ0) is 21.4. The summed E-state index contributed by atoms with van der Waals surface area (Å²) >= 11 is 0.